The molecule has 15 heavy (non-hydrogen) atoms. The number of benzene rings is 1. The lowest BCUT2D eigenvalue weighted by molar-refractivity contribution is 0.245. The minimum Gasteiger partial charge on any atom is -0.336 e. The summed E-state index contributed by atoms with van der Waals surface area (Å²) in [5.74, 6) is -0.309. The normalized spacial score (nSPS) is 10.2. The van der Waals surface area contributed by atoms with E-state index in [4.69, 9.17) is 0 Å². The minimum atomic E-state index is -0.309. The van der Waals surface area contributed by atoms with Crippen molar-refractivity contribution in [3.63, 3.8) is 0 Å². The molecule has 1 N–H and O–H groups in total. The highest BCUT2D eigenvalue weighted by atomic mass is 19.1. The number of hydrogen-bond acceptors (Lipinski definition) is 1. The van der Waals surface area contributed by atoms with E-state index >= 15 is 0 Å². The van der Waals surface area contributed by atoms with Gasteiger partial charge >= 0.3 is 6.03 Å². The van der Waals surface area contributed by atoms with Gasteiger partial charge in [0.05, 0.1) is 0 Å². The maximum Gasteiger partial charge on any atom is 0.321 e. The van der Waals surface area contributed by atoms with E-state index in [1.54, 1.807) is 19.2 Å². The van der Waals surface area contributed by atoms with Gasteiger partial charge in [0.25, 0.3) is 0 Å². The zero-order valence-corrected chi connectivity index (χ0v) is 9.12. The summed E-state index contributed by atoms with van der Waals surface area (Å²) in [7, 11) is 1.64. The first kappa shape index (κ1) is 11.5. The number of rotatable bonds is 2. The van der Waals surface area contributed by atoms with E-state index in [9.17, 15) is 9.18 Å². The molecule has 1 aromatic rings. The second kappa shape index (κ2) is 4.77. The molecule has 0 saturated carbocycles. The van der Waals surface area contributed by atoms with Crippen molar-refractivity contribution in [2.75, 3.05) is 11.9 Å². The first-order chi connectivity index (χ1) is 7.00. The highest BCUT2D eigenvalue weighted by molar-refractivity contribution is 5.91. The van der Waals surface area contributed by atoms with Crippen LogP contribution in [0.5, 0.6) is 0 Å². The molecule has 0 spiro atoms. The van der Waals surface area contributed by atoms with Crippen LogP contribution in [-0.2, 0) is 0 Å². The van der Waals surface area contributed by atoms with Gasteiger partial charge in [0.2, 0.25) is 0 Å². The van der Waals surface area contributed by atoms with E-state index < -0.39 is 0 Å². The van der Waals surface area contributed by atoms with E-state index in [2.05, 4.69) is 5.32 Å². The molecule has 0 saturated heterocycles. The van der Waals surface area contributed by atoms with Crippen LogP contribution in [0.2, 0.25) is 0 Å². The number of nitrogens with zero attached hydrogens (tertiary/aromatic N) is 1. The molecular weight excluding hydrogens is 195 g/mol. The summed E-state index contributed by atoms with van der Waals surface area (Å²) < 4.78 is 12.6. The van der Waals surface area contributed by atoms with Gasteiger partial charge in [-0.3, -0.25) is 4.90 Å². The summed E-state index contributed by atoms with van der Waals surface area (Å²) >= 11 is 0. The van der Waals surface area contributed by atoms with Crippen LogP contribution in [0.25, 0.3) is 0 Å². The Morgan fingerprint density at radius 2 is 1.87 bits per heavy atom. The molecule has 4 heteroatoms. The van der Waals surface area contributed by atoms with Crippen LogP contribution < -0.4 is 10.2 Å². The average Bonchev–Trinajstić information content (AvgIpc) is 2.17. The molecule has 0 heterocycles. The summed E-state index contributed by atoms with van der Waals surface area (Å²) in [6.07, 6.45) is 0. The largest absolute Gasteiger partial charge is 0.336 e. The molecule has 3 nitrogen and oxygen atoms in total. The van der Waals surface area contributed by atoms with E-state index in [0.29, 0.717) is 5.69 Å². The number of anilines is 1. The topological polar surface area (TPSA) is 32.3 Å². The standard InChI is InChI=1S/C11H15FN2O/c1-8(2)13-11(15)14(3)10-6-4-9(12)5-7-10/h4-8H,1-3H3,(H,13,15). The lowest BCUT2D eigenvalue weighted by Gasteiger charge is -2.19. The molecule has 1 rings (SSSR count). The third-order valence-electron chi connectivity index (χ3n) is 1.93. The molecule has 0 aromatic heterocycles. The molecule has 0 aliphatic rings. The van der Waals surface area contributed by atoms with Crippen molar-refractivity contribution in [1.82, 2.24) is 5.32 Å². The molecule has 82 valence electrons. The molecule has 0 aliphatic heterocycles. The smallest absolute Gasteiger partial charge is 0.321 e. The minimum absolute atomic E-state index is 0.0837. The van der Waals surface area contributed by atoms with Gasteiger partial charge in [-0.1, -0.05) is 0 Å². The van der Waals surface area contributed by atoms with Gasteiger partial charge in [0.1, 0.15) is 5.82 Å². The number of nitrogens with one attached hydrogen (secondary N) is 1. The van der Waals surface area contributed by atoms with Crippen LogP contribution in [0, 0.1) is 5.82 Å². The molecule has 0 aliphatic carbocycles. The van der Waals surface area contributed by atoms with Crippen LogP contribution in [0.15, 0.2) is 24.3 Å². The number of halogens is 1. The Bertz CT molecular complexity index is 335. The number of hydrogen-bond donors (Lipinski definition) is 1. The zero-order chi connectivity index (χ0) is 11.4. The number of carbonyl (C=O) groups excluding carboxylic acids is 1. The van der Waals surface area contributed by atoms with Crippen LogP contribution in [0.1, 0.15) is 13.8 Å². The number of urea groups is 1. The van der Waals surface area contributed by atoms with Crippen molar-refractivity contribution in [1.29, 1.82) is 0 Å². The van der Waals surface area contributed by atoms with Gasteiger partial charge in [-0.25, -0.2) is 9.18 Å². The van der Waals surface area contributed by atoms with Crippen molar-refractivity contribution in [2.45, 2.75) is 19.9 Å². The van der Waals surface area contributed by atoms with Gasteiger partial charge in [-0.2, -0.15) is 0 Å². The molecule has 0 unspecified atom stereocenters. The molecule has 2 amide bonds. The Morgan fingerprint density at radius 1 is 1.33 bits per heavy atom. The van der Waals surface area contributed by atoms with Gasteiger partial charge in [-0.15, -0.1) is 0 Å². The van der Waals surface area contributed by atoms with Crippen LogP contribution >= 0.6 is 0 Å². The molecule has 0 bridgehead atoms. The van der Waals surface area contributed by atoms with Gasteiger partial charge < -0.3 is 5.32 Å². The van der Waals surface area contributed by atoms with Crippen molar-refractivity contribution < 1.29 is 9.18 Å². The Labute approximate surface area is 88.9 Å². The predicted molar refractivity (Wildman–Crippen MR) is 58.5 cm³/mol. The maximum absolute atomic E-state index is 12.6. The zero-order valence-electron chi connectivity index (χ0n) is 9.12. The Morgan fingerprint density at radius 3 is 2.33 bits per heavy atom. The predicted octanol–water partition coefficient (Wildman–Crippen LogP) is 2.38. The summed E-state index contributed by atoms with van der Waals surface area (Å²) in [5, 5.41) is 2.75. The van der Waals surface area contributed by atoms with Crippen LogP contribution in [0.3, 0.4) is 0 Å². The second-order valence-electron chi connectivity index (χ2n) is 3.64. The summed E-state index contributed by atoms with van der Waals surface area (Å²) in [4.78, 5) is 13.0. The highest BCUT2D eigenvalue weighted by Crippen LogP contribution is 2.12. The van der Waals surface area contributed by atoms with E-state index in [0.717, 1.165) is 0 Å². The number of amides is 2. The van der Waals surface area contributed by atoms with Crippen LogP contribution in [0.4, 0.5) is 14.9 Å². The molecule has 0 radical (unpaired) electrons. The van der Waals surface area contributed by atoms with Crippen molar-refractivity contribution >= 4 is 11.7 Å². The lowest BCUT2D eigenvalue weighted by Crippen LogP contribution is -2.40. The fourth-order valence-corrected chi connectivity index (χ4v) is 1.13. The van der Waals surface area contributed by atoms with Crippen LogP contribution in [-0.4, -0.2) is 19.1 Å². The summed E-state index contributed by atoms with van der Waals surface area (Å²) in [5.41, 5.74) is 0.662. The maximum atomic E-state index is 12.6. The van der Waals surface area contributed by atoms with Gasteiger partial charge in [-0.05, 0) is 38.1 Å². The third-order valence-corrected chi connectivity index (χ3v) is 1.93. The fraction of sp³-hybridized carbons (Fsp3) is 0.364. The molecule has 1 aromatic carbocycles. The lowest BCUT2D eigenvalue weighted by atomic mass is 10.3. The van der Waals surface area contributed by atoms with Gasteiger partial charge in [0.15, 0.2) is 0 Å². The first-order valence-electron chi connectivity index (χ1n) is 4.80. The monoisotopic (exact) mass is 210 g/mol. The summed E-state index contributed by atoms with van der Waals surface area (Å²) in [6.45, 7) is 3.77. The molecule has 0 fully saturated rings. The molecular formula is C11H15FN2O. The fourth-order valence-electron chi connectivity index (χ4n) is 1.13. The van der Waals surface area contributed by atoms with E-state index in [1.165, 1.54) is 17.0 Å². The Balaban J connectivity index is 2.71. The SMILES string of the molecule is CC(C)NC(=O)N(C)c1ccc(F)cc1. The summed E-state index contributed by atoms with van der Waals surface area (Å²) in [6, 6.07) is 5.67. The molecule has 0 atom stereocenters. The quantitative estimate of drug-likeness (QED) is 0.798. The third kappa shape index (κ3) is 3.23. The highest BCUT2D eigenvalue weighted by Gasteiger charge is 2.10. The number of carbonyl (C=O) groups is 1. The van der Waals surface area contributed by atoms with Crippen molar-refractivity contribution in [2.24, 2.45) is 0 Å². The van der Waals surface area contributed by atoms with E-state index in [-0.39, 0.29) is 17.9 Å². The van der Waals surface area contributed by atoms with Gasteiger partial charge in [0, 0.05) is 18.8 Å². The van der Waals surface area contributed by atoms with Crippen molar-refractivity contribution in [3.05, 3.63) is 30.1 Å². The Kier molecular flexibility index (Phi) is 3.66. The Hall–Kier alpha value is -1.58. The first-order valence-corrected chi connectivity index (χ1v) is 4.80. The van der Waals surface area contributed by atoms with E-state index in [1.807, 2.05) is 13.8 Å². The van der Waals surface area contributed by atoms with Crippen molar-refractivity contribution in [3.8, 4) is 0 Å². The second-order valence-corrected chi connectivity index (χ2v) is 3.64. The average molecular weight is 210 g/mol.